The number of amides is 3. The molecule has 1 atom stereocenters. The number of urea groups is 1. The molecule has 1 aliphatic rings. The van der Waals surface area contributed by atoms with Gasteiger partial charge in [0.05, 0.1) is 6.21 Å². The molecule has 25 heavy (non-hydrogen) atoms. The van der Waals surface area contributed by atoms with Gasteiger partial charge in [0.2, 0.25) is 0 Å². The van der Waals surface area contributed by atoms with E-state index in [0.717, 1.165) is 27.5 Å². The highest BCUT2D eigenvalue weighted by Crippen LogP contribution is 2.23. The van der Waals surface area contributed by atoms with Crippen LogP contribution >= 0.6 is 0 Å². The van der Waals surface area contributed by atoms with Crippen molar-refractivity contribution in [3.8, 4) is 0 Å². The molecule has 0 unspecified atom stereocenters. The third-order valence-electron chi connectivity index (χ3n) is 4.50. The highest BCUT2D eigenvalue weighted by Gasteiger charge is 2.47. The summed E-state index contributed by atoms with van der Waals surface area (Å²) in [5.74, 6) is -0.324. The maximum Gasteiger partial charge on any atom is 0.346 e. The molecule has 130 valence electrons. The number of carbonyl (C=O) groups excluding carboxylic acids is 2. The maximum absolute atomic E-state index is 12.7. The molecule has 3 amide bonds. The molecule has 6 nitrogen and oxygen atoms in total. The van der Waals surface area contributed by atoms with Crippen LogP contribution in [-0.2, 0) is 11.2 Å². The number of aromatic amines is 1. The van der Waals surface area contributed by atoms with Gasteiger partial charge in [0, 0.05) is 17.0 Å². The molecule has 2 N–H and O–H groups in total. The van der Waals surface area contributed by atoms with E-state index in [1.54, 1.807) is 13.1 Å². The molecular weight excluding hydrogens is 316 g/mol. The van der Waals surface area contributed by atoms with E-state index in [2.05, 4.69) is 15.4 Å². The van der Waals surface area contributed by atoms with Crippen LogP contribution in [0.4, 0.5) is 4.79 Å². The molecule has 1 aromatic heterocycles. The maximum atomic E-state index is 12.7. The minimum absolute atomic E-state index is 0.324. The molecule has 0 radical (unpaired) electrons. The Labute approximate surface area is 146 Å². The lowest BCUT2D eigenvalue weighted by molar-refractivity contribution is -0.130. The molecule has 2 aromatic rings. The Hall–Kier alpha value is -2.89. The van der Waals surface area contributed by atoms with Gasteiger partial charge in [0.1, 0.15) is 5.54 Å². The molecule has 1 aromatic carbocycles. The van der Waals surface area contributed by atoms with Crippen molar-refractivity contribution in [3.05, 3.63) is 58.9 Å². The van der Waals surface area contributed by atoms with E-state index >= 15 is 0 Å². The summed E-state index contributed by atoms with van der Waals surface area (Å²) >= 11 is 0. The summed E-state index contributed by atoms with van der Waals surface area (Å²) in [4.78, 5) is 28.1. The first-order valence-corrected chi connectivity index (χ1v) is 8.30. The second-order valence-corrected chi connectivity index (χ2v) is 6.64. The van der Waals surface area contributed by atoms with E-state index in [0.29, 0.717) is 12.8 Å². The van der Waals surface area contributed by atoms with Crippen LogP contribution in [0.5, 0.6) is 0 Å². The fourth-order valence-corrected chi connectivity index (χ4v) is 2.98. The smallest absolute Gasteiger partial charge is 0.346 e. The highest BCUT2D eigenvalue weighted by atomic mass is 16.2. The van der Waals surface area contributed by atoms with E-state index in [1.165, 1.54) is 0 Å². The Morgan fingerprint density at radius 2 is 1.92 bits per heavy atom. The zero-order valence-electron chi connectivity index (χ0n) is 14.7. The van der Waals surface area contributed by atoms with Crippen molar-refractivity contribution >= 4 is 18.2 Å². The van der Waals surface area contributed by atoms with Gasteiger partial charge in [-0.25, -0.2) is 4.79 Å². The summed E-state index contributed by atoms with van der Waals surface area (Å²) in [6.45, 7) is 5.61. The molecular formula is C19H22N4O2. The van der Waals surface area contributed by atoms with E-state index in [4.69, 9.17) is 0 Å². The van der Waals surface area contributed by atoms with Crippen molar-refractivity contribution in [1.29, 1.82) is 0 Å². The van der Waals surface area contributed by atoms with Crippen molar-refractivity contribution in [3.63, 3.8) is 0 Å². The normalized spacial score (nSPS) is 20.5. The minimum Gasteiger partial charge on any atom is -0.362 e. The van der Waals surface area contributed by atoms with Gasteiger partial charge in [-0.15, -0.1) is 5.01 Å². The average Bonchev–Trinajstić information content (AvgIpc) is 3.01. The standard InChI is InChI=1S/C19H22N4O2/c1-13-11-16(14(2)21-13)12-20-23-17(24)19(3,22-18(23)25)10-9-15-7-5-4-6-8-15/h4-8,11-12,21H,9-10H2,1-3H3,(H,22,25)/b20-12+/t19-/m0/s1. The Bertz CT molecular complexity index is 825. The Kier molecular flexibility index (Phi) is 4.44. The van der Waals surface area contributed by atoms with E-state index < -0.39 is 11.6 Å². The summed E-state index contributed by atoms with van der Waals surface area (Å²) in [7, 11) is 0. The molecule has 0 aliphatic carbocycles. The first-order valence-electron chi connectivity index (χ1n) is 8.30. The summed E-state index contributed by atoms with van der Waals surface area (Å²) in [5.41, 5.74) is 3.00. The number of nitrogens with one attached hydrogen (secondary N) is 2. The van der Waals surface area contributed by atoms with Crippen LogP contribution in [0.3, 0.4) is 0 Å². The fraction of sp³-hybridized carbons (Fsp3) is 0.316. The van der Waals surface area contributed by atoms with Gasteiger partial charge in [0.25, 0.3) is 5.91 Å². The van der Waals surface area contributed by atoms with Gasteiger partial charge >= 0.3 is 6.03 Å². The van der Waals surface area contributed by atoms with Crippen LogP contribution < -0.4 is 5.32 Å². The largest absolute Gasteiger partial charge is 0.362 e. The number of H-pyrrole nitrogens is 1. The molecule has 2 heterocycles. The lowest BCUT2D eigenvalue weighted by atomic mass is 9.93. The van der Waals surface area contributed by atoms with Crippen LogP contribution in [-0.4, -0.2) is 33.7 Å². The van der Waals surface area contributed by atoms with Crippen molar-refractivity contribution in [2.75, 3.05) is 0 Å². The average molecular weight is 338 g/mol. The summed E-state index contributed by atoms with van der Waals surface area (Å²) in [5, 5.41) is 7.80. The predicted molar refractivity (Wildman–Crippen MR) is 96.4 cm³/mol. The number of rotatable bonds is 5. The van der Waals surface area contributed by atoms with E-state index in [1.807, 2.05) is 50.2 Å². The molecule has 0 spiro atoms. The molecule has 6 heteroatoms. The summed E-state index contributed by atoms with van der Waals surface area (Å²) in [6.07, 6.45) is 2.77. The molecule has 3 rings (SSSR count). The molecule has 0 saturated carbocycles. The number of hydrogen-bond acceptors (Lipinski definition) is 3. The van der Waals surface area contributed by atoms with E-state index in [-0.39, 0.29) is 5.91 Å². The number of hydrogen-bond donors (Lipinski definition) is 2. The first-order chi connectivity index (χ1) is 11.9. The van der Waals surface area contributed by atoms with Gasteiger partial charge in [0.15, 0.2) is 0 Å². The quantitative estimate of drug-likeness (QED) is 0.649. The number of aryl methyl sites for hydroxylation is 3. The number of nitrogens with zero attached hydrogens (tertiary/aromatic N) is 2. The lowest BCUT2D eigenvalue weighted by Crippen LogP contribution is -2.44. The SMILES string of the molecule is Cc1cc(/C=N/N2C(=O)N[C@@](C)(CCc3ccccc3)C2=O)c(C)[nH]1. The summed E-state index contributed by atoms with van der Waals surface area (Å²) < 4.78 is 0. The molecule has 1 aliphatic heterocycles. The number of carbonyl (C=O) groups is 2. The topological polar surface area (TPSA) is 77.6 Å². The van der Waals surface area contributed by atoms with Gasteiger partial charge in [-0.05, 0) is 45.2 Å². The fourth-order valence-electron chi connectivity index (χ4n) is 2.98. The number of hydrazone groups is 1. The Morgan fingerprint density at radius 3 is 2.56 bits per heavy atom. The van der Waals surface area contributed by atoms with Crippen molar-refractivity contribution < 1.29 is 9.59 Å². The van der Waals surface area contributed by atoms with Crippen LogP contribution in [0.25, 0.3) is 0 Å². The van der Waals surface area contributed by atoms with Crippen LogP contribution in [0.15, 0.2) is 41.5 Å². The monoisotopic (exact) mass is 338 g/mol. The van der Waals surface area contributed by atoms with Crippen LogP contribution in [0.2, 0.25) is 0 Å². The van der Waals surface area contributed by atoms with Gasteiger partial charge in [-0.2, -0.15) is 5.10 Å². The number of imide groups is 1. The lowest BCUT2D eigenvalue weighted by Gasteiger charge is -2.20. The van der Waals surface area contributed by atoms with Crippen LogP contribution in [0.1, 0.15) is 35.9 Å². The van der Waals surface area contributed by atoms with Crippen molar-refractivity contribution in [2.24, 2.45) is 5.10 Å². The zero-order valence-corrected chi connectivity index (χ0v) is 14.7. The third-order valence-corrected chi connectivity index (χ3v) is 4.50. The Balaban J connectivity index is 1.72. The molecule has 1 fully saturated rings. The first kappa shape index (κ1) is 17.0. The minimum atomic E-state index is -0.937. The van der Waals surface area contributed by atoms with Gasteiger partial charge in [-0.3, -0.25) is 4.79 Å². The number of benzene rings is 1. The summed E-state index contributed by atoms with van der Waals surface area (Å²) in [6, 6.07) is 11.3. The highest BCUT2D eigenvalue weighted by molar-refractivity contribution is 6.07. The Morgan fingerprint density at radius 1 is 1.20 bits per heavy atom. The zero-order chi connectivity index (χ0) is 18.0. The van der Waals surface area contributed by atoms with E-state index in [9.17, 15) is 9.59 Å². The second kappa shape index (κ2) is 6.55. The van der Waals surface area contributed by atoms with Crippen molar-refractivity contribution in [1.82, 2.24) is 15.3 Å². The second-order valence-electron chi connectivity index (χ2n) is 6.64. The van der Waals surface area contributed by atoms with Gasteiger partial charge in [-0.1, -0.05) is 30.3 Å². The molecule has 1 saturated heterocycles. The van der Waals surface area contributed by atoms with Gasteiger partial charge < -0.3 is 10.3 Å². The molecule has 0 bridgehead atoms. The van der Waals surface area contributed by atoms with Crippen LogP contribution in [0, 0.1) is 13.8 Å². The third kappa shape index (κ3) is 3.47. The van der Waals surface area contributed by atoms with Crippen molar-refractivity contribution in [2.45, 2.75) is 39.2 Å². The predicted octanol–water partition coefficient (Wildman–Crippen LogP) is 2.91. The number of aromatic nitrogens is 1.